The van der Waals surface area contributed by atoms with E-state index in [4.69, 9.17) is 16.3 Å². The van der Waals surface area contributed by atoms with Crippen molar-refractivity contribution in [1.82, 2.24) is 0 Å². The number of benzene rings is 2. The molecule has 1 N–H and O–H groups in total. The minimum Gasteiger partial charge on any atom is -0.489 e. The standard InChI is InChI=1S/C20H16ClNO2S/c21-17-7-2-1-4-14(17)12-24-15-6-3-5-13(10-15)16-11-19(23)22-18-8-9-25-20(16)18/h1-10,16H,11-12H2,(H,22,23). The number of carbonyl (C=O) groups excluding carboxylic acids is 1. The van der Waals surface area contributed by atoms with Crippen LogP contribution in [0.4, 0.5) is 5.69 Å². The lowest BCUT2D eigenvalue weighted by Gasteiger charge is -2.23. The maximum absolute atomic E-state index is 12.0. The van der Waals surface area contributed by atoms with Gasteiger partial charge in [-0.05, 0) is 35.2 Å². The summed E-state index contributed by atoms with van der Waals surface area (Å²) in [5.74, 6) is 0.910. The maximum atomic E-state index is 12.0. The van der Waals surface area contributed by atoms with Crippen molar-refractivity contribution in [2.24, 2.45) is 0 Å². The van der Waals surface area contributed by atoms with E-state index in [1.165, 1.54) is 4.88 Å². The smallest absolute Gasteiger partial charge is 0.225 e. The van der Waals surface area contributed by atoms with Crippen LogP contribution in [0.3, 0.4) is 0 Å². The molecule has 2 aromatic carbocycles. The Hall–Kier alpha value is -2.30. The fraction of sp³-hybridized carbons (Fsp3) is 0.150. The van der Waals surface area contributed by atoms with E-state index >= 15 is 0 Å². The quantitative estimate of drug-likeness (QED) is 0.663. The van der Waals surface area contributed by atoms with Gasteiger partial charge in [-0.1, -0.05) is 41.9 Å². The highest BCUT2D eigenvalue weighted by Crippen LogP contribution is 2.41. The predicted octanol–water partition coefficient (Wildman–Crippen LogP) is 5.45. The molecular formula is C20H16ClNO2S. The Morgan fingerprint density at radius 2 is 2.04 bits per heavy atom. The molecule has 3 aromatic rings. The number of ether oxygens (including phenoxy) is 1. The summed E-state index contributed by atoms with van der Waals surface area (Å²) < 4.78 is 5.92. The molecule has 1 aliphatic heterocycles. The average molecular weight is 370 g/mol. The number of amides is 1. The van der Waals surface area contributed by atoms with E-state index in [0.29, 0.717) is 18.1 Å². The van der Waals surface area contributed by atoms with Gasteiger partial charge < -0.3 is 10.1 Å². The van der Waals surface area contributed by atoms with Gasteiger partial charge in [0.15, 0.2) is 0 Å². The minimum absolute atomic E-state index is 0.0540. The second-order valence-corrected chi connectivity index (χ2v) is 7.31. The number of halogens is 1. The normalized spacial score (nSPS) is 16.2. The first kappa shape index (κ1) is 16.2. The van der Waals surface area contributed by atoms with Gasteiger partial charge in [0, 0.05) is 27.8 Å². The highest BCUT2D eigenvalue weighted by molar-refractivity contribution is 7.10. The van der Waals surface area contributed by atoms with Crippen LogP contribution in [0.2, 0.25) is 5.02 Å². The second-order valence-electron chi connectivity index (χ2n) is 5.96. The van der Waals surface area contributed by atoms with Gasteiger partial charge >= 0.3 is 0 Å². The molecule has 0 aliphatic carbocycles. The van der Waals surface area contributed by atoms with Crippen LogP contribution in [0.1, 0.15) is 28.3 Å². The van der Waals surface area contributed by atoms with Crippen LogP contribution in [-0.2, 0) is 11.4 Å². The Balaban J connectivity index is 1.56. The summed E-state index contributed by atoms with van der Waals surface area (Å²) in [6.45, 7) is 0.415. The molecule has 1 unspecified atom stereocenters. The van der Waals surface area contributed by atoms with Crippen molar-refractivity contribution in [2.45, 2.75) is 18.9 Å². The molecule has 0 spiro atoms. The topological polar surface area (TPSA) is 38.3 Å². The third-order valence-corrected chi connectivity index (χ3v) is 5.69. The first-order valence-electron chi connectivity index (χ1n) is 8.04. The molecule has 0 bridgehead atoms. The van der Waals surface area contributed by atoms with E-state index in [1.54, 1.807) is 11.3 Å². The average Bonchev–Trinajstić information content (AvgIpc) is 3.09. The van der Waals surface area contributed by atoms with Gasteiger partial charge in [-0.3, -0.25) is 4.79 Å². The predicted molar refractivity (Wildman–Crippen MR) is 102 cm³/mol. The minimum atomic E-state index is 0.0540. The third-order valence-electron chi connectivity index (χ3n) is 4.29. The summed E-state index contributed by atoms with van der Waals surface area (Å²) in [4.78, 5) is 13.2. The van der Waals surface area contributed by atoms with Gasteiger partial charge in [-0.2, -0.15) is 0 Å². The van der Waals surface area contributed by atoms with E-state index in [-0.39, 0.29) is 11.8 Å². The Kier molecular flexibility index (Phi) is 4.47. The van der Waals surface area contributed by atoms with Crippen LogP contribution < -0.4 is 10.1 Å². The number of anilines is 1. The van der Waals surface area contributed by atoms with E-state index in [9.17, 15) is 4.79 Å². The molecule has 1 amide bonds. The summed E-state index contributed by atoms with van der Waals surface area (Å²) in [6, 6.07) is 17.6. The van der Waals surface area contributed by atoms with Crippen molar-refractivity contribution >= 4 is 34.5 Å². The zero-order valence-corrected chi connectivity index (χ0v) is 14.9. The summed E-state index contributed by atoms with van der Waals surface area (Å²) in [6.07, 6.45) is 0.460. The molecule has 0 saturated carbocycles. The number of hydrogen-bond acceptors (Lipinski definition) is 3. The van der Waals surface area contributed by atoms with Crippen LogP contribution in [0.5, 0.6) is 5.75 Å². The van der Waals surface area contributed by atoms with Gasteiger partial charge in [0.25, 0.3) is 0 Å². The van der Waals surface area contributed by atoms with Gasteiger partial charge in [0.1, 0.15) is 12.4 Å². The van der Waals surface area contributed by atoms with Crippen molar-refractivity contribution in [3.05, 3.63) is 81.0 Å². The lowest BCUT2D eigenvalue weighted by atomic mass is 9.90. The number of rotatable bonds is 4. The number of carbonyl (C=O) groups is 1. The van der Waals surface area contributed by atoms with Crippen molar-refractivity contribution in [3.8, 4) is 5.75 Å². The zero-order valence-electron chi connectivity index (χ0n) is 13.4. The molecule has 1 aromatic heterocycles. The molecule has 3 nitrogen and oxygen atoms in total. The lowest BCUT2D eigenvalue weighted by Crippen LogP contribution is -2.21. The summed E-state index contributed by atoms with van der Waals surface area (Å²) in [5.41, 5.74) is 2.97. The van der Waals surface area contributed by atoms with E-state index < -0.39 is 0 Å². The van der Waals surface area contributed by atoms with Crippen molar-refractivity contribution in [2.75, 3.05) is 5.32 Å². The van der Waals surface area contributed by atoms with Crippen molar-refractivity contribution < 1.29 is 9.53 Å². The second kappa shape index (κ2) is 6.90. The molecular weight excluding hydrogens is 354 g/mol. The van der Waals surface area contributed by atoms with Crippen LogP contribution in [0, 0.1) is 0 Å². The van der Waals surface area contributed by atoms with Gasteiger partial charge in [-0.25, -0.2) is 0 Å². The van der Waals surface area contributed by atoms with Crippen molar-refractivity contribution in [3.63, 3.8) is 0 Å². The van der Waals surface area contributed by atoms with Gasteiger partial charge in [-0.15, -0.1) is 11.3 Å². The first-order chi connectivity index (χ1) is 12.2. The van der Waals surface area contributed by atoms with Crippen LogP contribution in [0.25, 0.3) is 0 Å². The Morgan fingerprint density at radius 1 is 1.16 bits per heavy atom. The van der Waals surface area contributed by atoms with E-state index in [0.717, 1.165) is 22.6 Å². The Morgan fingerprint density at radius 3 is 2.92 bits per heavy atom. The third kappa shape index (κ3) is 3.41. The Labute approximate surface area is 155 Å². The molecule has 1 aliphatic rings. The van der Waals surface area contributed by atoms with E-state index in [1.807, 2.05) is 53.9 Å². The molecule has 4 rings (SSSR count). The fourth-order valence-corrected chi connectivity index (χ4v) is 4.21. The number of thiophene rings is 1. The molecule has 126 valence electrons. The van der Waals surface area contributed by atoms with Crippen molar-refractivity contribution in [1.29, 1.82) is 0 Å². The fourth-order valence-electron chi connectivity index (χ4n) is 3.04. The molecule has 1 atom stereocenters. The zero-order chi connectivity index (χ0) is 17.2. The first-order valence-corrected chi connectivity index (χ1v) is 9.30. The molecule has 25 heavy (non-hydrogen) atoms. The highest BCUT2D eigenvalue weighted by atomic mass is 35.5. The molecule has 0 radical (unpaired) electrons. The lowest BCUT2D eigenvalue weighted by molar-refractivity contribution is -0.116. The summed E-state index contributed by atoms with van der Waals surface area (Å²) >= 11 is 7.86. The molecule has 0 fully saturated rings. The monoisotopic (exact) mass is 369 g/mol. The molecule has 5 heteroatoms. The number of fused-ring (bicyclic) bond motifs is 1. The number of nitrogens with one attached hydrogen (secondary N) is 1. The van der Waals surface area contributed by atoms with Gasteiger partial charge in [0.05, 0.1) is 5.69 Å². The van der Waals surface area contributed by atoms with Gasteiger partial charge in [0.2, 0.25) is 5.91 Å². The summed E-state index contributed by atoms with van der Waals surface area (Å²) in [5, 5.41) is 5.65. The largest absolute Gasteiger partial charge is 0.489 e. The number of hydrogen-bond donors (Lipinski definition) is 1. The molecule has 2 heterocycles. The van der Waals surface area contributed by atoms with Crippen LogP contribution in [-0.4, -0.2) is 5.91 Å². The molecule has 0 saturated heterocycles. The van der Waals surface area contributed by atoms with E-state index in [2.05, 4.69) is 11.4 Å². The van der Waals surface area contributed by atoms with Crippen LogP contribution >= 0.6 is 22.9 Å². The SMILES string of the molecule is O=C1CC(c2cccc(OCc3ccccc3Cl)c2)c2sccc2N1. The summed E-state index contributed by atoms with van der Waals surface area (Å²) in [7, 11) is 0. The highest BCUT2D eigenvalue weighted by Gasteiger charge is 2.27. The van der Waals surface area contributed by atoms with Crippen LogP contribution in [0.15, 0.2) is 60.0 Å². The maximum Gasteiger partial charge on any atom is 0.225 e. The Bertz CT molecular complexity index is 921.